The highest BCUT2D eigenvalue weighted by atomic mass is 32.2. The van der Waals surface area contributed by atoms with E-state index in [0.29, 0.717) is 23.0 Å². The molecular formula is C13H18N2O4S. The van der Waals surface area contributed by atoms with Gasteiger partial charge in [0.05, 0.1) is 11.1 Å². The summed E-state index contributed by atoms with van der Waals surface area (Å²) in [7, 11) is 0. The molecule has 1 rings (SSSR count). The van der Waals surface area contributed by atoms with Crippen molar-refractivity contribution in [3.05, 3.63) is 17.1 Å². The molecule has 0 aliphatic carbocycles. The van der Waals surface area contributed by atoms with Crippen LogP contribution in [0.25, 0.3) is 0 Å². The average molecular weight is 298 g/mol. The highest BCUT2D eigenvalue weighted by Crippen LogP contribution is 2.30. The third kappa shape index (κ3) is 3.69. The monoisotopic (exact) mass is 298 g/mol. The summed E-state index contributed by atoms with van der Waals surface area (Å²) in [5.74, 6) is -1.23. The van der Waals surface area contributed by atoms with Crippen molar-refractivity contribution in [1.82, 2.24) is 9.97 Å². The predicted molar refractivity (Wildman–Crippen MR) is 75.2 cm³/mol. The lowest BCUT2D eigenvalue weighted by Crippen LogP contribution is -2.26. The first-order valence-corrected chi connectivity index (χ1v) is 7.14. The highest BCUT2D eigenvalue weighted by Gasteiger charge is 2.29. The smallest absolute Gasteiger partial charge is 0.340 e. The number of carboxylic acids is 2. The second-order valence-corrected chi connectivity index (χ2v) is 6.01. The number of rotatable bonds is 6. The van der Waals surface area contributed by atoms with E-state index in [-0.39, 0.29) is 11.3 Å². The van der Waals surface area contributed by atoms with Crippen molar-refractivity contribution in [1.29, 1.82) is 0 Å². The molecule has 6 nitrogen and oxygen atoms in total. The van der Waals surface area contributed by atoms with Crippen LogP contribution in [0.5, 0.6) is 0 Å². The fraction of sp³-hybridized carbons (Fsp3) is 0.538. The molecule has 0 aliphatic rings. The minimum atomic E-state index is -1.10. The van der Waals surface area contributed by atoms with Crippen molar-refractivity contribution in [2.45, 2.75) is 39.1 Å². The number of carbonyl (C=O) groups is 2. The molecule has 0 saturated carbocycles. The zero-order valence-corrected chi connectivity index (χ0v) is 12.7. The maximum atomic E-state index is 11.3. The van der Waals surface area contributed by atoms with Gasteiger partial charge >= 0.3 is 11.9 Å². The number of nitrogens with zero attached hydrogens (tertiary/aromatic N) is 2. The number of carboxylic acid groups (broad SMARTS) is 2. The van der Waals surface area contributed by atoms with Crippen LogP contribution in [0, 0.1) is 12.3 Å². The molecule has 0 unspecified atom stereocenters. The fourth-order valence-electron chi connectivity index (χ4n) is 1.42. The van der Waals surface area contributed by atoms with Crippen LogP contribution in [-0.2, 0) is 11.2 Å². The second-order valence-electron chi connectivity index (χ2n) is 5.04. The Balaban J connectivity index is 3.13. The summed E-state index contributed by atoms with van der Waals surface area (Å²) in [6, 6.07) is 0. The van der Waals surface area contributed by atoms with Crippen molar-refractivity contribution >= 4 is 23.7 Å². The average Bonchev–Trinajstić information content (AvgIpc) is 2.34. The van der Waals surface area contributed by atoms with Gasteiger partial charge in [0.15, 0.2) is 0 Å². The van der Waals surface area contributed by atoms with Gasteiger partial charge in [-0.2, -0.15) is 0 Å². The van der Waals surface area contributed by atoms with Crippen molar-refractivity contribution in [3.63, 3.8) is 0 Å². The second kappa shape index (κ2) is 6.21. The molecule has 1 heterocycles. The summed E-state index contributed by atoms with van der Waals surface area (Å²) in [6.07, 6.45) is 0.594. The number of hydrogen-bond donors (Lipinski definition) is 2. The minimum absolute atomic E-state index is 0.0494. The first-order valence-electron chi connectivity index (χ1n) is 6.16. The number of aryl methyl sites for hydroxylation is 2. The number of aliphatic carboxylic acids is 1. The van der Waals surface area contributed by atoms with Gasteiger partial charge < -0.3 is 10.2 Å². The molecule has 20 heavy (non-hydrogen) atoms. The van der Waals surface area contributed by atoms with Crippen LogP contribution in [0.4, 0.5) is 0 Å². The van der Waals surface area contributed by atoms with E-state index in [0.717, 1.165) is 11.8 Å². The molecule has 7 heteroatoms. The molecule has 0 saturated heterocycles. The summed E-state index contributed by atoms with van der Waals surface area (Å²) >= 11 is 1.14. The normalized spacial score (nSPS) is 11.4. The van der Waals surface area contributed by atoms with Gasteiger partial charge in [0, 0.05) is 12.2 Å². The molecule has 0 fully saturated rings. The minimum Gasteiger partial charge on any atom is -0.481 e. The first kappa shape index (κ1) is 16.4. The highest BCUT2D eigenvalue weighted by molar-refractivity contribution is 7.99. The Hall–Kier alpha value is -1.63. The maximum absolute atomic E-state index is 11.3. The van der Waals surface area contributed by atoms with Crippen LogP contribution in [0.15, 0.2) is 5.03 Å². The Morgan fingerprint density at radius 2 is 1.85 bits per heavy atom. The van der Waals surface area contributed by atoms with Gasteiger partial charge in [-0.1, -0.05) is 6.92 Å². The van der Waals surface area contributed by atoms with Gasteiger partial charge in [0.1, 0.15) is 16.4 Å². The van der Waals surface area contributed by atoms with Gasteiger partial charge in [-0.25, -0.2) is 14.8 Å². The summed E-state index contributed by atoms with van der Waals surface area (Å²) < 4.78 is 0. The van der Waals surface area contributed by atoms with Crippen LogP contribution >= 0.6 is 11.8 Å². The molecule has 110 valence electrons. The lowest BCUT2D eigenvalue weighted by molar-refractivity contribution is -0.145. The molecule has 0 radical (unpaired) electrons. The van der Waals surface area contributed by atoms with Crippen LogP contribution in [0.2, 0.25) is 0 Å². The molecule has 0 spiro atoms. The van der Waals surface area contributed by atoms with Crippen molar-refractivity contribution in [2.24, 2.45) is 5.41 Å². The Morgan fingerprint density at radius 1 is 1.25 bits per heavy atom. The van der Waals surface area contributed by atoms with E-state index in [1.807, 2.05) is 6.92 Å². The van der Waals surface area contributed by atoms with E-state index in [2.05, 4.69) is 9.97 Å². The topological polar surface area (TPSA) is 100 Å². The van der Waals surface area contributed by atoms with Crippen molar-refractivity contribution in [3.8, 4) is 0 Å². The predicted octanol–water partition coefficient (Wildman–Crippen LogP) is 2.25. The van der Waals surface area contributed by atoms with Gasteiger partial charge in [0.2, 0.25) is 0 Å². The van der Waals surface area contributed by atoms with Crippen molar-refractivity contribution < 1.29 is 19.8 Å². The molecule has 0 amide bonds. The van der Waals surface area contributed by atoms with Crippen LogP contribution in [-0.4, -0.2) is 37.9 Å². The zero-order valence-electron chi connectivity index (χ0n) is 11.9. The van der Waals surface area contributed by atoms with Crippen molar-refractivity contribution in [2.75, 3.05) is 5.75 Å². The number of thioether (sulfide) groups is 1. The third-order valence-corrected chi connectivity index (χ3v) is 4.22. The van der Waals surface area contributed by atoms with Crippen LogP contribution < -0.4 is 0 Å². The number of hydrogen-bond acceptors (Lipinski definition) is 5. The zero-order chi connectivity index (χ0) is 15.5. The first-order chi connectivity index (χ1) is 9.19. The number of aromatic carboxylic acids is 1. The van der Waals surface area contributed by atoms with Gasteiger partial charge in [-0.15, -0.1) is 11.8 Å². The van der Waals surface area contributed by atoms with E-state index in [1.165, 1.54) is 0 Å². The molecule has 0 aliphatic heterocycles. The van der Waals surface area contributed by atoms with Crippen LogP contribution in [0.1, 0.15) is 42.6 Å². The lowest BCUT2D eigenvalue weighted by Gasteiger charge is -2.18. The van der Waals surface area contributed by atoms with E-state index in [9.17, 15) is 14.7 Å². The SMILES string of the molecule is CCc1nc(C)c(C(=O)O)c(SCC(C)(C)C(=O)O)n1. The number of aromatic nitrogens is 2. The van der Waals surface area contributed by atoms with Gasteiger partial charge in [0.25, 0.3) is 0 Å². The lowest BCUT2D eigenvalue weighted by atomic mass is 9.97. The molecule has 2 N–H and O–H groups in total. The molecule has 0 bridgehead atoms. The molecule has 1 aromatic heterocycles. The van der Waals surface area contributed by atoms with Gasteiger partial charge in [-0.3, -0.25) is 4.79 Å². The van der Waals surface area contributed by atoms with Crippen LogP contribution in [0.3, 0.4) is 0 Å². The Kier molecular flexibility index (Phi) is 5.10. The fourth-order valence-corrected chi connectivity index (χ4v) is 2.59. The maximum Gasteiger partial charge on any atom is 0.340 e. The summed E-state index contributed by atoms with van der Waals surface area (Å²) in [5, 5.41) is 18.7. The Labute approximate surface area is 121 Å². The van der Waals surface area contributed by atoms with E-state index < -0.39 is 17.4 Å². The van der Waals surface area contributed by atoms with E-state index >= 15 is 0 Å². The molecular weight excluding hydrogens is 280 g/mol. The standard InChI is InChI=1S/C13H18N2O4S/c1-5-8-14-7(2)9(11(16)17)10(15-8)20-6-13(3,4)12(18)19/h5-6H2,1-4H3,(H,16,17)(H,18,19). The summed E-state index contributed by atoms with van der Waals surface area (Å²) in [6.45, 7) is 6.69. The third-order valence-electron chi connectivity index (χ3n) is 2.78. The molecule has 1 aromatic rings. The summed E-state index contributed by atoms with van der Waals surface area (Å²) in [5.41, 5.74) is -0.501. The quantitative estimate of drug-likeness (QED) is 0.613. The largest absolute Gasteiger partial charge is 0.481 e. The Morgan fingerprint density at radius 3 is 2.30 bits per heavy atom. The molecule has 0 aromatic carbocycles. The Bertz CT molecular complexity index is 543. The molecule has 0 atom stereocenters. The van der Waals surface area contributed by atoms with Gasteiger partial charge in [-0.05, 0) is 20.8 Å². The van der Waals surface area contributed by atoms with E-state index in [1.54, 1.807) is 20.8 Å². The summed E-state index contributed by atoms with van der Waals surface area (Å²) in [4.78, 5) is 30.7. The van der Waals surface area contributed by atoms with E-state index in [4.69, 9.17) is 5.11 Å².